The van der Waals surface area contributed by atoms with Crippen molar-refractivity contribution in [2.45, 2.75) is 26.9 Å². The van der Waals surface area contributed by atoms with Gasteiger partial charge in [0, 0.05) is 0 Å². The summed E-state index contributed by atoms with van der Waals surface area (Å²) in [5.41, 5.74) is 1.94. The van der Waals surface area contributed by atoms with Crippen LogP contribution in [-0.2, 0) is 4.79 Å². The van der Waals surface area contributed by atoms with Gasteiger partial charge in [0.1, 0.15) is 18.1 Å². The molecule has 0 aliphatic carbocycles. The van der Waals surface area contributed by atoms with Gasteiger partial charge in [0.2, 0.25) is 0 Å². The molecule has 0 N–H and O–H groups in total. The first-order chi connectivity index (χ1) is 13.4. The molecule has 0 bridgehead atoms. The van der Waals surface area contributed by atoms with E-state index in [2.05, 4.69) is 0 Å². The molecular weight excluding hydrogens is 374 g/mol. The Kier molecular flexibility index (Phi) is 6.41. The van der Waals surface area contributed by atoms with Crippen molar-refractivity contribution in [3.63, 3.8) is 0 Å². The first-order valence-corrected chi connectivity index (χ1v) is 9.95. The van der Waals surface area contributed by atoms with Crippen molar-refractivity contribution < 1.29 is 19.1 Å². The van der Waals surface area contributed by atoms with Gasteiger partial charge >= 0.3 is 0 Å². The third-order valence-electron chi connectivity index (χ3n) is 4.00. The molecule has 6 heteroatoms. The summed E-state index contributed by atoms with van der Waals surface area (Å²) < 4.78 is 11.3. The van der Waals surface area contributed by atoms with Gasteiger partial charge in [0.05, 0.1) is 17.6 Å². The molecule has 1 aliphatic heterocycles. The highest BCUT2D eigenvalue weighted by molar-refractivity contribution is 8.18. The number of imide groups is 1. The standard InChI is InChI=1S/C22H23NO4S/c1-15(2)27-18-9-7-17(8-10-18)14-20-21(24)23(22(25)28-20)11-12-26-19-6-4-5-16(3)13-19/h4-10,13-15H,11-12H2,1-3H3/b20-14-. The third kappa shape index (κ3) is 5.16. The maximum Gasteiger partial charge on any atom is 0.293 e. The predicted octanol–water partition coefficient (Wildman–Crippen LogP) is 4.90. The van der Waals surface area contributed by atoms with E-state index in [1.165, 1.54) is 4.90 Å². The van der Waals surface area contributed by atoms with E-state index in [4.69, 9.17) is 9.47 Å². The Balaban J connectivity index is 1.60. The summed E-state index contributed by atoms with van der Waals surface area (Å²) in [4.78, 5) is 26.4. The van der Waals surface area contributed by atoms with Gasteiger partial charge in [-0.05, 0) is 74.0 Å². The Morgan fingerprint density at radius 3 is 2.50 bits per heavy atom. The number of hydrogen-bond acceptors (Lipinski definition) is 5. The van der Waals surface area contributed by atoms with Crippen molar-refractivity contribution in [1.82, 2.24) is 4.90 Å². The van der Waals surface area contributed by atoms with Crippen LogP contribution in [0.2, 0.25) is 0 Å². The summed E-state index contributed by atoms with van der Waals surface area (Å²) in [5, 5.41) is -0.274. The van der Waals surface area contributed by atoms with Crippen molar-refractivity contribution in [3.05, 3.63) is 64.6 Å². The van der Waals surface area contributed by atoms with Crippen molar-refractivity contribution >= 4 is 29.0 Å². The number of thioether (sulfide) groups is 1. The zero-order valence-electron chi connectivity index (χ0n) is 16.2. The SMILES string of the molecule is Cc1cccc(OCCN2C(=O)S/C(=C\c3ccc(OC(C)C)cc3)C2=O)c1. The summed E-state index contributed by atoms with van der Waals surface area (Å²) in [6, 6.07) is 15.1. The average Bonchev–Trinajstić information content (AvgIpc) is 2.90. The zero-order chi connectivity index (χ0) is 20.1. The molecule has 2 aromatic rings. The molecule has 0 saturated carbocycles. The van der Waals surface area contributed by atoms with E-state index < -0.39 is 0 Å². The first kappa shape index (κ1) is 20.0. The Morgan fingerprint density at radius 2 is 1.82 bits per heavy atom. The molecule has 0 spiro atoms. The predicted molar refractivity (Wildman–Crippen MR) is 112 cm³/mol. The molecule has 1 saturated heterocycles. The highest BCUT2D eigenvalue weighted by atomic mass is 32.2. The molecule has 3 rings (SSSR count). The van der Waals surface area contributed by atoms with Crippen molar-refractivity contribution in [1.29, 1.82) is 0 Å². The minimum atomic E-state index is -0.287. The fraction of sp³-hybridized carbons (Fsp3) is 0.273. The van der Waals surface area contributed by atoms with E-state index in [1.54, 1.807) is 6.08 Å². The third-order valence-corrected chi connectivity index (χ3v) is 4.90. The van der Waals surface area contributed by atoms with E-state index in [0.29, 0.717) is 4.91 Å². The van der Waals surface area contributed by atoms with Gasteiger partial charge in [0.25, 0.3) is 11.1 Å². The fourth-order valence-electron chi connectivity index (χ4n) is 2.72. The number of amides is 2. The minimum Gasteiger partial charge on any atom is -0.492 e. The highest BCUT2D eigenvalue weighted by Crippen LogP contribution is 2.32. The van der Waals surface area contributed by atoms with Crippen LogP contribution in [0.5, 0.6) is 11.5 Å². The average molecular weight is 397 g/mol. The quantitative estimate of drug-likeness (QED) is 0.622. The van der Waals surface area contributed by atoms with Crippen LogP contribution in [0.3, 0.4) is 0 Å². The molecule has 2 amide bonds. The van der Waals surface area contributed by atoms with Crippen LogP contribution in [0.25, 0.3) is 6.08 Å². The zero-order valence-corrected chi connectivity index (χ0v) is 17.0. The number of aryl methyl sites for hydroxylation is 1. The van der Waals surface area contributed by atoms with Gasteiger partial charge < -0.3 is 9.47 Å². The summed E-state index contributed by atoms with van der Waals surface area (Å²) in [6.07, 6.45) is 1.83. The summed E-state index contributed by atoms with van der Waals surface area (Å²) >= 11 is 0.952. The molecule has 5 nitrogen and oxygen atoms in total. The molecule has 0 radical (unpaired) electrons. The second-order valence-corrected chi connectivity index (χ2v) is 7.73. The Hall–Kier alpha value is -2.73. The van der Waals surface area contributed by atoms with E-state index in [0.717, 1.165) is 34.4 Å². The lowest BCUT2D eigenvalue weighted by molar-refractivity contribution is -0.123. The van der Waals surface area contributed by atoms with Gasteiger partial charge in [-0.2, -0.15) is 0 Å². The lowest BCUT2D eigenvalue weighted by Gasteiger charge is -2.13. The first-order valence-electron chi connectivity index (χ1n) is 9.14. The van der Waals surface area contributed by atoms with Gasteiger partial charge in [-0.25, -0.2) is 0 Å². The molecule has 1 heterocycles. The Morgan fingerprint density at radius 1 is 1.07 bits per heavy atom. The number of rotatable bonds is 7. The van der Waals surface area contributed by atoms with E-state index in [9.17, 15) is 9.59 Å². The second-order valence-electron chi connectivity index (χ2n) is 6.73. The normalized spacial score (nSPS) is 15.6. The Labute approximate surface area is 169 Å². The number of ether oxygens (including phenoxy) is 2. The number of nitrogens with zero attached hydrogens (tertiary/aromatic N) is 1. The molecule has 2 aromatic carbocycles. The molecule has 146 valence electrons. The van der Waals surface area contributed by atoms with E-state index in [-0.39, 0.29) is 30.4 Å². The maximum atomic E-state index is 12.6. The van der Waals surface area contributed by atoms with Crippen LogP contribution >= 0.6 is 11.8 Å². The second kappa shape index (κ2) is 8.97. The summed E-state index contributed by atoms with van der Waals surface area (Å²) in [6.45, 7) is 6.39. The topological polar surface area (TPSA) is 55.8 Å². The van der Waals surface area contributed by atoms with Gasteiger partial charge in [0.15, 0.2) is 0 Å². The molecule has 0 atom stereocenters. The number of hydrogen-bond donors (Lipinski definition) is 0. The molecule has 28 heavy (non-hydrogen) atoms. The lowest BCUT2D eigenvalue weighted by atomic mass is 10.2. The fourth-order valence-corrected chi connectivity index (χ4v) is 3.58. The van der Waals surface area contributed by atoms with Gasteiger partial charge in [-0.15, -0.1) is 0 Å². The molecule has 0 unspecified atom stereocenters. The molecule has 1 aliphatic rings. The van der Waals surface area contributed by atoms with Crippen LogP contribution in [-0.4, -0.2) is 35.3 Å². The molecular formula is C22H23NO4S. The number of carbonyl (C=O) groups excluding carboxylic acids is 2. The van der Waals surface area contributed by atoms with Crippen LogP contribution in [0, 0.1) is 6.92 Å². The van der Waals surface area contributed by atoms with Crippen LogP contribution < -0.4 is 9.47 Å². The van der Waals surface area contributed by atoms with Gasteiger partial charge in [-0.1, -0.05) is 24.3 Å². The minimum absolute atomic E-state index is 0.101. The largest absolute Gasteiger partial charge is 0.492 e. The smallest absolute Gasteiger partial charge is 0.293 e. The van der Waals surface area contributed by atoms with E-state index >= 15 is 0 Å². The van der Waals surface area contributed by atoms with Crippen LogP contribution in [0.15, 0.2) is 53.4 Å². The van der Waals surface area contributed by atoms with Gasteiger partial charge in [-0.3, -0.25) is 14.5 Å². The van der Waals surface area contributed by atoms with Crippen LogP contribution in [0.4, 0.5) is 4.79 Å². The van der Waals surface area contributed by atoms with Crippen molar-refractivity contribution in [2.75, 3.05) is 13.2 Å². The molecule has 1 fully saturated rings. The lowest BCUT2D eigenvalue weighted by Crippen LogP contribution is -2.32. The Bertz CT molecular complexity index is 890. The number of carbonyl (C=O) groups is 2. The van der Waals surface area contributed by atoms with Crippen molar-refractivity contribution in [3.8, 4) is 11.5 Å². The molecule has 0 aromatic heterocycles. The van der Waals surface area contributed by atoms with Crippen molar-refractivity contribution in [2.24, 2.45) is 0 Å². The van der Waals surface area contributed by atoms with E-state index in [1.807, 2.05) is 69.3 Å². The van der Waals surface area contributed by atoms with Crippen LogP contribution in [0.1, 0.15) is 25.0 Å². The monoisotopic (exact) mass is 397 g/mol. The number of benzene rings is 2. The summed E-state index contributed by atoms with van der Waals surface area (Å²) in [5.74, 6) is 1.21. The summed E-state index contributed by atoms with van der Waals surface area (Å²) in [7, 11) is 0. The highest BCUT2D eigenvalue weighted by Gasteiger charge is 2.34. The maximum absolute atomic E-state index is 12.6.